The Morgan fingerprint density at radius 2 is 1.97 bits per heavy atom. The van der Waals surface area contributed by atoms with Crippen LogP contribution in [0.2, 0.25) is 5.02 Å². The monoisotopic (exact) mass is 448 g/mol. The summed E-state index contributed by atoms with van der Waals surface area (Å²) in [6.45, 7) is 0.246. The first-order valence-electron chi connectivity index (χ1n) is 9.51. The molecule has 0 bridgehead atoms. The number of aromatic amines is 1. The Bertz CT molecular complexity index is 1400. The molecule has 2 aromatic heterocycles. The van der Waals surface area contributed by atoms with Crippen molar-refractivity contribution in [1.82, 2.24) is 19.9 Å². The number of aromatic carboxylic acids is 1. The van der Waals surface area contributed by atoms with Gasteiger partial charge in [-0.05, 0) is 24.3 Å². The molecular weight excluding hydrogens is 435 g/mol. The number of imidazole rings is 1. The van der Waals surface area contributed by atoms with Crippen molar-refractivity contribution in [3.8, 4) is 11.3 Å². The van der Waals surface area contributed by atoms with Crippen LogP contribution in [-0.2, 0) is 6.54 Å². The molecule has 2 aromatic carbocycles. The fourth-order valence-electron chi connectivity index (χ4n) is 3.47. The summed E-state index contributed by atoms with van der Waals surface area (Å²) in [6, 6.07) is 11.7. The lowest BCUT2D eigenvalue weighted by atomic mass is 9.95. The van der Waals surface area contributed by atoms with Crippen LogP contribution < -0.4 is 5.32 Å². The molecule has 0 amide bonds. The van der Waals surface area contributed by atoms with Crippen molar-refractivity contribution in [3.05, 3.63) is 88.1 Å². The fraction of sp³-hybridized carbons (Fsp3) is 0.0455. The maximum Gasteiger partial charge on any atom is 0.356 e. The number of carboxylic acids is 1. The summed E-state index contributed by atoms with van der Waals surface area (Å²) in [5, 5.41) is 12.4. The largest absolute Gasteiger partial charge is 0.476 e. The Labute approximate surface area is 185 Å². The summed E-state index contributed by atoms with van der Waals surface area (Å²) < 4.78 is 14.6. The first kappa shape index (κ1) is 19.8. The van der Waals surface area contributed by atoms with Gasteiger partial charge in [0.15, 0.2) is 5.69 Å². The van der Waals surface area contributed by atoms with E-state index in [4.69, 9.17) is 16.7 Å². The van der Waals surface area contributed by atoms with Crippen LogP contribution in [0.1, 0.15) is 27.2 Å². The van der Waals surface area contributed by atoms with E-state index >= 15 is 0 Å². The number of hydrogen-bond donors (Lipinski definition) is 3. The molecule has 8 nitrogen and oxygen atoms in total. The predicted molar refractivity (Wildman–Crippen MR) is 117 cm³/mol. The summed E-state index contributed by atoms with van der Waals surface area (Å²) in [5.74, 6) is -1.13. The number of nitrogens with zero attached hydrogens (tertiary/aromatic N) is 4. The highest BCUT2D eigenvalue weighted by atomic mass is 35.5. The summed E-state index contributed by atoms with van der Waals surface area (Å²) in [6.07, 6.45) is 2.89. The molecule has 0 unspecified atom stereocenters. The van der Waals surface area contributed by atoms with Gasteiger partial charge in [-0.15, -0.1) is 0 Å². The van der Waals surface area contributed by atoms with Gasteiger partial charge < -0.3 is 10.1 Å². The smallest absolute Gasteiger partial charge is 0.356 e. The number of hydrogen-bond acceptors (Lipinski definition) is 6. The number of carbonyl (C=O) groups is 1. The minimum Gasteiger partial charge on any atom is -0.476 e. The van der Waals surface area contributed by atoms with Gasteiger partial charge >= 0.3 is 5.97 Å². The molecule has 10 heteroatoms. The van der Waals surface area contributed by atoms with E-state index in [1.54, 1.807) is 36.5 Å². The minimum atomic E-state index is -1.15. The van der Waals surface area contributed by atoms with Crippen molar-refractivity contribution in [2.75, 3.05) is 5.32 Å². The van der Waals surface area contributed by atoms with Crippen molar-refractivity contribution in [3.63, 3.8) is 0 Å². The molecule has 0 saturated heterocycles. The van der Waals surface area contributed by atoms with Gasteiger partial charge in [-0.1, -0.05) is 29.8 Å². The molecule has 1 aliphatic rings. The molecule has 3 N–H and O–H groups in total. The first-order valence-corrected chi connectivity index (χ1v) is 9.88. The van der Waals surface area contributed by atoms with Crippen LogP contribution >= 0.6 is 11.6 Å². The Hall–Kier alpha value is -4.11. The Morgan fingerprint density at radius 3 is 2.75 bits per heavy atom. The van der Waals surface area contributed by atoms with Crippen LogP contribution in [-0.4, -0.2) is 36.7 Å². The van der Waals surface area contributed by atoms with Gasteiger partial charge in [-0.25, -0.2) is 24.1 Å². The third-order valence-corrected chi connectivity index (χ3v) is 5.16. The molecule has 4 aromatic rings. The van der Waals surface area contributed by atoms with Crippen molar-refractivity contribution >= 4 is 35.2 Å². The SMILES string of the molecule is O=C(O)c1c[nH]c(Nc2ncc3c(n2)-c2ccc(Cl)cc2C(c2ccccc2F)=NC3)n1. The number of fused-ring (bicyclic) bond motifs is 3. The zero-order valence-corrected chi connectivity index (χ0v) is 17.1. The second-order valence-electron chi connectivity index (χ2n) is 6.97. The van der Waals surface area contributed by atoms with Crippen LogP contribution in [0.25, 0.3) is 11.3 Å². The van der Waals surface area contributed by atoms with Crippen LogP contribution in [0.5, 0.6) is 0 Å². The van der Waals surface area contributed by atoms with Crippen molar-refractivity contribution in [2.24, 2.45) is 4.99 Å². The number of aromatic nitrogens is 4. The van der Waals surface area contributed by atoms with E-state index in [1.807, 2.05) is 6.07 Å². The molecule has 0 radical (unpaired) electrons. The van der Waals surface area contributed by atoms with Gasteiger partial charge in [0.1, 0.15) is 5.82 Å². The van der Waals surface area contributed by atoms with Crippen LogP contribution in [0.4, 0.5) is 16.3 Å². The maximum atomic E-state index is 14.6. The van der Waals surface area contributed by atoms with Gasteiger partial charge in [0.05, 0.1) is 18.0 Å². The molecule has 0 atom stereocenters. The number of nitrogens with one attached hydrogen (secondary N) is 2. The third kappa shape index (κ3) is 3.58. The standard InChI is InChI=1S/C22H14ClFN6O2/c23-12-5-6-13-15(7-12)19(14-3-1-2-4-16(14)24)25-8-11-9-26-22(29-18(11)13)30-21-27-10-17(28-21)20(31)32/h1-7,9-10H,8H2,(H,31,32)(H2,26,27,28,29,30). The molecule has 3 heterocycles. The molecule has 0 aliphatic carbocycles. The summed E-state index contributed by atoms with van der Waals surface area (Å²) in [4.78, 5) is 31.2. The molecular formula is C22H14ClFN6O2. The first-order chi connectivity index (χ1) is 15.5. The second-order valence-corrected chi connectivity index (χ2v) is 7.40. The topological polar surface area (TPSA) is 116 Å². The minimum absolute atomic E-state index is 0.134. The lowest BCUT2D eigenvalue weighted by Crippen LogP contribution is -2.07. The fourth-order valence-corrected chi connectivity index (χ4v) is 3.64. The number of rotatable bonds is 4. The molecule has 5 rings (SSSR count). The van der Waals surface area contributed by atoms with E-state index in [2.05, 4.69) is 30.2 Å². The average Bonchev–Trinajstić information content (AvgIpc) is 3.19. The lowest BCUT2D eigenvalue weighted by molar-refractivity contribution is 0.0691. The van der Waals surface area contributed by atoms with E-state index in [-0.39, 0.29) is 30.0 Å². The van der Waals surface area contributed by atoms with Crippen LogP contribution in [0.15, 0.2) is 59.9 Å². The van der Waals surface area contributed by atoms with Gasteiger partial charge in [0.25, 0.3) is 0 Å². The second kappa shape index (κ2) is 7.86. The number of carboxylic acid groups (broad SMARTS) is 1. The number of aliphatic imine (C=N–C) groups is 1. The summed E-state index contributed by atoms with van der Waals surface area (Å²) in [7, 11) is 0. The Balaban J connectivity index is 1.60. The quantitative estimate of drug-likeness (QED) is 0.424. The Kier molecular flexibility index (Phi) is 4.87. The summed E-state index contributed by atoms with van der Waals surface area (Å²) >= 11 is 6.26. The number of halogens is 2. The zero-order valence-electron chi connectivity index (χ0n) is 16.3. The van der Waals surface area contributed by atoms with Crippen molar-refractivity contribution in [1.29, 1.82) is 0 Å². The zero-order chi connectivity index (χ0) is 22.2. The Morgan fingerprint density at radius 1 is 1.12 bits per heavy atom. The highest BCUT2D eigenvalue weighted by molar-refractivity contribution is 6.31. The molecule has 158 valence electrons. The third-order valence-electron chi connectivity index (χ3n) is 4.92. The highest BCUT2D eigenvalue weighted by Gasteiger charge is 2.23. The van der Waals surface area contributed by atoms with E-state index in [0.29, 0.717) is 27.6 Å². The van der Waals surface area contributed by atoms with Gasteiger partial charge in [0, 0.05) is 39.7 Å². The molecule has 32 heavy (non-hydrogen) atoms. The van der Waals surface area contributed by atoms with Crippen LogP contribution in [0.3, 0.4) is 0 Å². The van der Waals surface area contributed by atoms with Gasteiger partial charge in [-0.3, -0.25) is 10.3 Å². The predicted octanol–water partition coefficient (Wildman–Crippen LogP) is 4.45. The van der Waals surface area contributed by atoms with Crippen LogP contribution in [0, 0.1) is 5.82 Å². The van der Waals surface area contributed by atoms with E-state index in [1.165, 1.54) is 12.3 Å². The molecule has 0 spiro atoms. The number of anilines is 2. The molecule has 0 saturated carbocycles. The summed E-state index contributed by atoms with van der Waals surface area (Å²) in [5.41, 5.74) is 3.44. The van der Waals surface area contributed by atoms with Gasteiger partial charge in [0.2, 0.25) is 11.9 Å². The van der Waals surface area contributed by atoms with Crippen molar-refractivity contribution in [2.45, 2.75) is 6.54 Å². The van der Waals surface area contributed by atoms with E-state index in [9.17, 15) is 9.18 Å². The number of H-pyrrole nitrogens is 1. The highest BCUT2D eigenvalue weighted by Crippen LogP contribution is 2.34. The van der Waals surface area contributed by atoms with Crippen molar-refractivity contribution < 1.29 is 14.3 Å². The molecule has 0 fully saturated rings. The average molecular weight is 449 g/mol. The lowest BCUT2D eigenvalue weighted by Gasteiger charge is -2.12. The number of benzene rings is 2. The maximum absolute atomic E-state index is 14.6. The van der Waals surface area contributed by atoms with E-state index in [0.717, 1.165) is 11.1 Å². The normalized spacial score (nSPS) is 12.4. The van der Waals surface area contributed by atoms with E-state index < -0.39 is 5.97 Å². The molecule has 1 aliphatic heterocycles. The van der Waals surface area contributed by atoms with Gasteiger partial charge in [-0.2, -0.15) is 0 Å².